The van der Waals surface area contributed by atoms with Crippen molar-refractivity contribution in [1.82, 2.24) is 0 Å². The van der Waals surface area contributed by atoms with Crippen LogP contribution in [0.1, 0.15) is 13.3 Å². The van der Waals surface area contributed by atoms with Crippen LogP contribution in [0.2, 0.25) is 0 Å². The Morgan fingerprint density at radius 3 is 2.52 bits per heavy atom. The van der Waals surface area contributed by atoms with Crippen LogP contribution in [-0.2, 0) is 14.6 Å². The summed E-state index contributed by atoms with van der Waals surface area (Å²) in [6.07, 6.45) is 0.325. The molecule has 116 valence electrons. The average molecular weight is 319 g/mol. The smallest absolute Gasteiger partial charge is 0.341 e. The Hall–Kier alpha value is -1.70. The van der Waals surface area contributed by atoms with E-state index in [0.29, 0.717) is 13.0 Å². The third kappa shape index (κ3) is 2.72. The highest BCUT2D eigenvalue weighted by molar-refractivity contribution is 7.91. The van der Waals surface area contributed by atoms with E-state index in [2.05, 4.69) is 0 Å². The quantitative estimate of drug-likeness (QED) is 0.918. The maximum Gasteiger partial charge on any atom is 0.341 e. The standard InChI is InChI=1S/C13H15F2NO4S/c1-13(11(17)18)6-7-16(8-13)9-4-2-3-5-10(9)21(19,20)12(14)15/h2-5,12H,6-8H2,1H3,(H,17,18). The first-order valence-electron chi connectivity index (χ1n) is 6.28. The van der Waals surface area contributed by atoms with E-state index in [1.807, 2.05) is 0 Å². The van der Waals surface area contributed by atoms with Crippen LogP contribution < -0.4 is 4.90 Å². The van der Waals surface area contributed by atoms with E-state index < -0.39 is 31.9 Å². The molecule has 1 fully saturated rings. The van der Waals surface area contributed by atoms with Crippen LogP contribution in [0.3, 0.4) is 0 Å². The third-order valence-corrected chi connectivity index (χ3v) is 5.16. The van der Waals surface area contributed by atoms with Gasteiger partial charge in [-0.1, -0.05) is 12.1 Å². The van der Waals surface area contributed by atoms with Crippen LogP contribution >= 0.6 is 0 Å². The minimum absolute atomic E-state index is 0.0815. The molecule has 21 heavy (non-hydrogen) atoms. The first kappa shape index (κ1) is 15.7. The predicted octanol–water partition coefficient (Wildman–Crippen LogP) is 1.98. The number of hydrogen-bond acceptors (Lipinski definition) is 4. The summed E-state index contributed by atoms with van der Waals surface area (Å²) in [4.78, 5) is 12.3. The van der Waals surface area contributed by atoms with Crippen LogP contribution in [0.5, 0.6) is 0 Å². The van der Waals surface area contributed by atoms with Gasteiger partial charge < -0.3 is 10.0 Å². The fourth-order valence-corrected chi connectivity index (χ4v) is 3.35. The topological polar surface area (TPSA) is 74.7 Å². The van der Waals surface area contributed by atoms with E-state index in [0.717, 1.165) is 6.07 Å². The number of carboxylic acid groups (broad SMARTS) is 1. The van der Waals surface area contributed by atoms with Gasteiger partial charge in [0, 0.05) is 13.1 Å². The zero-order valence-corrected chi connectivity index (χ0v) is 12.1. The summed E-state index contributed by atoms with van der Waals surface area (Å²) in [6.45, 7) is 1.94. The molecule has 0 amide bonds. The SMILES string of the molecule is CC1(C(=O)O)CCN(c2ccccc2S(=O)(=O)C(F)F)C1. The van der Waals surface area contributed by atoms with E-state index in [1.54, 1.807) is 6.92 Å². The first-order chi connectivity index (χ1) is 9.68. The molecule has 0 bridgehead atoms. The van der Waals surface area contributed by atoms with Crippen LogP contribution in [0.15, 0.2) is 29.2 Å². The van der Waals surface area contributed by atoms with Gasteiger partial charge in [0.05, 0.1) is 16.0 Å². The second kappa shape index (κ2) is 5.25. The van der Waals surface area contributed by atoms with Gasteiger partial charge in [-0.3, -0.25) is 4.79 Å². The summed E-state index contributed by atoms with van der Waals surface area (Å²) in [6, 6.07) is 5.44. The zero-order chi connectivity index (χ0) is 15.8. The lowest BCUT2D eigenvalue weighted by atomic mass is 9.90. The molecule has 0 aromatic heterocycles. The molecule has 1 aromatic rings. The van der Waals surface area contributed by atoms with Crippen molar-refractivity contribution >= 4 is 21.5 Å². The number of aliphatic carboxylic acids is 1. The predicted molar refractivity (Wildman–Crippen MR) is 72.2 cm³/mol. The Balaban J connectivity index is 2.42. The molecule has 8 heteroatoms. The van der Waals surface area contributed by atoms with E-state index in [9.17, 15) is 27.1 Å². The summed E-state index contributed by atoms with van der Waals surface area (Å²) in [5.74, 6) is -4.49. The first-order valence-corrected chi connectivity index (χ1v) is 7.82. The van der Waals surface area contributed by atoms with Crippen LogP contribution in [-0.4, -0.2) is 38.3 Å². The molecule has 0 saturated carbocycles. The van der Waals surface area contributed by atoms with Crippen molar-refractivity contribution in [3.63, 3.8) is 0 Å². The molecular weight excluding hydrogens is 304 g/mol. The van der Waals surface area contributed by atoms with Gasteiger partial charge in [-0.25, -0.2) is 8.42 Å². The van der Waals surface area contributed by atoms with Crippen molar-refractivity contribution in [1.29, 1.82) is 0 Å². The van der Waals surface area contributed by atoms with Crippen molar-refractivity contribution in [3.05, 3.63) is 24.3 Å². The monoisotopic (exact) mass is 319 g/mol. The zero-order valence-electron chi connectivity index (χ0n) is 11.3. The molecule has 1 aliphatic rings. The number of halogens is 2. The second-order valence-electron chi connectivity index (χ2n) is 5.31. The van der Waals surface area contributed by atoms with Gasteiger partial charge in [0.2, 0.25) is 9.84 Å². The van der Waals surface area contributed by atoms with Gasteiger partial charge in [-0.2, -0.15) is 8.78 Å². The fourth-order valence-electron chi connectivity index (χ4n) is 2.40. The molecule has 1 aliphatic heterocycles. The number of anilines is 1. The molecule has 1 saturated heterocycles. The summed E-state index contributed by atoms with van der Waals surface area (Å²) in [5, 5.41) is 9.19. The Bertz CT molecular complexity index is 662. The Kier molecular flexibility index (Phi) is 3.92. The average Bonchev–Trinajstić information content (AvgIpc) is 2.82. The summed E-state index contributed by atoms with van der Waals surface area (Å²) < 4.78 is 48.9. The summed E-state index contributed by atoms with van der Waals surface area (Å²) in [7, 11) is -4.72. The Labute approximate surface area is 121 Å². The second-order valence-corrected chi connectivity index (χ2v) is 7.20. The van der Waals surface area contributed by atoms with E-state index in [1.165, 1.54) is 23.1 Å². The van der Waals surface area contributed by atoms with Crippen molar-refractivity contribution in [2.45, 2.75) is 24.0 Å². The number of rotatable bonds is 4. The molecule has 0 aliphatic carbocycles. The maximum absolute atomic E-state index is 12.7. The number of sulfone groups is 1. The number of nitrogens with zero attached hydrogens (tertiary/aromatic N) is 1. The molecule has 1 N–H and O–H groups in total. The minimum Gasteiger partial charge on any atom is -0.481 e. The van der Waals surface area contributed by atoms with Crippen molar-refractivity contribution in [3.8, 4) is 0 Å². The van der Waals surface area contributed by atoms with Gasteiger partial charge in [-0.15, -0.1) is 0 Å². The molecule has 1 heterocycles. The van der Waals surface area contributed by atoms with Gasteiger partial charge in [0.25, 0.3) is 0 Å². The molecule has 1 aromatic carbocycles. The van der Waals surface area contributed by atoms with Crippen LogP contribution in [0.4, 0.5) is 14.5 Å². The Morgan fingerprint density at radius 2 is 2.00 bits per heavy atom. The normalized spacial score (nSPS) is 22.8. The van der Waals surface area contributed by atoms with E-state index in [4.69, 9.17) is 0 Å². The molecule has 1 unspecified atom stereocenters. The fraction of sp³-hybridized carbons (Fsp3) is 0.462. The lowest BCUT2D eigenvalue weighted by molar-refractivity contribution is -0.146. The van der Waals surface area contributed by atoms with E-state index in [-0.39, 0.29) is 12.2 Å². The third-order valence-electron chi connectivity index (χ3n) is 3.74. The number of alkyl halides is 2. The molecular formula is C13H15F2NO4S. The molecule has 2 rings (SSSR count). The van der Waals surface area contributed by atoms with E-state index >= 15 is 0 Å². The largest absolute Gasteiger partial charge is 0.481 e. The van der Waals surface area contributed by atoms with Crippen LogP contribution in [0, 0.1) is 5.41 Å². The number of hydrogen-bond donors (Lipinski definition) is 1. The van der Waals surface area contributed by atoms with Crippen molar-refractivity contribution in [2.24, 2.45) is 5.41 Å². The van der Waals surface area contributed by atoms with Gasteiger partial charge in [0.15, 0.2) is 0 Å². The van der Waals surface area contributed by atoms with Crippen molar-refractivity contribution in [2.75, 3.05) is 18.0 Å². The number of carbonyl (C=O) groups is 1. The summed E-state index contributed by atoms with van der Waals surface area (Å²) in [5.41, 5.74) is -0.885. The molecule has 5 nitrogen and oxygen atoms in total. The van der Waals surface area contributed by atoms with Gasteiger partial charge in [-0.05, 0) is 25.5 Å². The van der Waals surface area contributed by atoms with Crippen molar-refractivity contribution < 1.29 is 27.1 Å². The number of benzene rings is 1. The molecule has 0 radical (unpaired) electrons. The molecule has 1 atom stereocenters. The Morgan fingerprint density at radius 1 is 1.38 bits per heavy atom. The number of carboxylic acids is 1. The highest BCUT2D eigenvalue weighted by Crippen LogP contribution is 2.37. The van der Waals surface area contributed by atoms with Crippen LogP contribution in [0.25, 0.3) is 0 Å². The maximum atomic E-state index is 12.7. The number of para-hydroxylation sites is 1. The van der Waals surface area contributed by atoms with Gasteiger partial charge in [0.1, 0.15) is 0 Å². The minimum atomic E-state index is -4.72. The highest BCUT2D eigenvalue weighted by Gasteiger charge is 2.42. The molecule has 0 spiro atoms. The lowest BCUT2D eigenvalue weighted by Gasteiger charge is -2.23. The highest BCUT2D eigenvalue weighted by atomic mass is 32.2. The lowest BCUT2D eigenvalue weighted by Crippen LogP contribution is -2.32. The summed E-state index contributed by atoms with van der Waals surface area (Å²) >= 11 is 0. The van der Waals surface area contributed by atoms with Gasteiger partial charge >= 0.3 is 11.7 Å².